The molecule has 2 aromatic carbocycles. The smallest absolute Gasteiger partial charge is 0.416 e. The fourth-order valence-corrected chi connectivity index (χ4v) is 6.14. The summed E-state index contributed by atoms with van der Waals surface area (Å²) in [6.45, 7) is -0.109. The summed E-state index contributed by atoms with van der Waals surface area (Å²) in [5.74, 6) is -1.71. The number of aromatic hydroxyl groups is 1. The van der Waals surface area contributed by atoms with Crippen LogP contribution in [-0.4, -0.2) is 69.2 Å². The first kappa shape index (κ1) is 28.4. The molecule has 10 nitrogen and oxygen atoms in total. The van der Waals surface area contributed by atoms with Crippen LogP contribution in [0, 0.1) is 0 Å². The van der Waals surface area contributed by atoms with E-state index in [1.807, 2.05) is 0 Å². The molecular weight excluding hydrogens is 587 g/mol. The molecule has 3 N–H and O–H groups in total. The van der Waals surface area contributed by atoms with Crippen molar-refractivity contribution >= 4 is 51.9 Å². The number of carboxylic acids is 1. The topological polar surface area (TPSA) is 139 Å². The van der Waals surface area contributed by atoms with Crippen LogP contribution < -0.4 is 15.5 Å². The number of amides is 1. The zero-order valence-electron chi connectivity index (χ0n) is 21.1. The lowest BCUT2D eigenvalue weighted by molar-refractivity contribution is -0.141. The fraction of sp³-hybridized carbons (Fsp3) is 0.269. The molecule has 3 aromatic rings. The number of benzene rings is 2. The van der Waals surface area contributed by atoms with Crippen molar-refractivity contribution in [2.45, 2.75) is 31.1 Å². The van der Waals surface area contributed by atoms with Crippen molar-refractivity contribution in [3.8, 4) is 5.88 Å². The second-order valence-electron chi connectivity index (χ2n) is 9.51. The van der Waals surface area contributed by atoms with Gasteiger partial charge in [0.05, 0.1) is 28.1 Å². The third-order valence-electron chi connectivity index (χ3n) is 7.01. The number of carboxylic acid groups (broad SMARTS) is 2. The van der Waals surface area contributed by atoms with E-state index in [4.69, 9.17) is 11.6 Å². The summed E-state index contributed by atoms with van der Waals surface area (Å²) in [4.78, 5) is 30.0. The van der Waals surface area contributed by atoms with Crippen molar-refractivity contribution in [1.82, 2.24) is 9.88 Å². The second-order valence-corrected chi connectivity index (χ2v) is 10.9. The summed E-state index contributed by atoms with van der Waals surface area (Å²) in [5, 5.41) is 39.0. The molecule has 0 aliphatic carbocycles. The summed E-state index contributed by atoms with van der Waals surface area (Å²) in [6.07, 6.45) is -4.80. The van der Waals surface area contributed by atoms with Gasteiger partial charge in [0.25, 0.3) is 0 Å². The van der Waals surface area contributed by atoms with Gasteiger partial charge in [-0.15, -0.1) is 0 Å². The maximum atomic E-state index is 14.0. The summed E-state index contributed by atoms with van der Waals surface area (Å²) in [7, 11) is 1.59. The molecule has 1 aromatic heterocycles. The van der Waals surface area contributed by atoms with Gasteiger partial charge < -0.3 is 20.2 Å². The van der Waals surface area contributed by atoms with Crippen LogP contribution in [-0.2, 0) is 17.4 Å². The Bertz CT molecular complexity index is 1690. The van der Waals surface area contributed by atoms with Gasteiger partial charge in [0, 0.05) is 37.0 Å². The van der Waals surface area contributed by atoms with Gasteiger partial charge in [-0.2, -0.15) is 28.4 Å². The lowest BCUT2D eigenvalue weighted by Crippen LogP contribution is -2.40. The summed E-state index contributed by atoms with van der Waals surface area (Å²) < 4.78 is 41.9. The zero-order chi connectivity index (χ0) is 29.6. The molecule has 214 valence electrons. The summed E-state index contributed by atoms with van der Waals surface area (Å²) >= 11 is 6.88. The third-order valence-corrected chi connectivity index (χ3v) is 8.44. The molecule has 2 unspecified atom stereocenters. The number of likely N-dealkylation sites (N-methyl/N-ethyl adjacent to an activating group) is 1. The number of hydrogen-bond acceptors (Lipinski definition) is 8. The van der Waals surface area contributed by atoms with Gasteiger partial charge in [0.15, 0.2) is 5.13 Å². The van der Waals surface area contributed by atoms with Crippen LogP contribution >= 0.6 is 22.9 Å². The quantitative estimate of drug-likeness (QED) is 0.389. The van der Waals surface area contributed by atoms with Crippen LogP contribution in [0.25, 0.3) is 5.57 Å². The number of likely N-dealkylation sites (tertiary alicyclic amines) is 1. The van der Waals surface area contributed by atoms with Crippen LogP contribution in [0.3, 0.4) is 0 Å². The zero-order valence-corrected chi connectivity index (χ0v) is 22.7. The minimum atomic E-state index is -4.69. The third kappa shape index (κ3) is 5.57. The standard InChI is InChI=1S/C26H21ClF3N5O5S/c1-34(16-9-20(23(37)38)35(11-16)25(39)40)24-32-22(36)21(41-24)17(12-3-5-19-14(6-12)10-31-33-19)7-13-2-4-15(27)8-18(13)26(28,29)30/h2-6,8,10,16,20,36H,7,9,11H2,1H3,(H,37,38)(H,39,40). The average molecular weight is 608 g/mol. The van der Waals surface area contributed by atoms with Gasteiger partial charge in [-0.3, -0.25) is 4.90 Å². The highest BCUT2D eigenvalue weighted by molar-refractivity contribution is 7.17. The van der Waals surface area contributed by atoms with E-state index in [1.165, 1.54) is 18.3 Å². The molecule has 0 bridgehead atoms. The van der Waals surface area contributed by atoms with E-state index in [9.17, 15) is 38.1 Å². The predicted molar refractivity (Wildman–Crippen MR) is 144 cm³/mol. The highest BCUT2D eigenvalue weighted by atomic mass is 35.5. The number of aromatic nitrogens is 1. The Hall–Kier alpha value is -4.17. The van der Waals surface area contributed by atoms with Gasteiger partial charge in [0.1, 0.15) is 6.04 Å². The number of aliphatic carboxylic acids is 1. The van der Waals surface area contributed by atoms with Crippen molar-refractivity contribution in [3.05, 3.63) is 73.6 Å². The Morgan fingerprint density at radius 2 is 1.95 bits per heavy atom. The Morgan fingerprint density at radius 3 is 2.61 bits per heavy atom. The molecule has 1 saturated heterocycles. The molecular formula is C26H21ClF3N5O5S. The Balaban J connectivity index is 1.59. The first-order valence-corrected chi connectivity index (χ1v) is 13.3. The molecule has 0 radical (unpaired) electrons. The number of carbonyl (C=O) groups is 2. The number of alkyl halides is 3. The van der Waals surface area contributed by atoms with E-state index in [2.05, 4.69) is 15.2 Å². The molecule has 0 spiro atoms. The van der Waals surface area contributed by atoms with Crippen molar-refractivity contribution in [2.24, 2.45) is 10.2 Å². The van der Waals surface area contributed by atoms with Crippen LogP contribution in [0.5, 0.6) is 5.88 Å². The number of rotatable bonds is 6. The number of thiazole rings is 1. The SMILES string of the molecule is CN(c1nc(O)c(C(Cc2ccc(Cl)cc2C(F)(F)F)=c2ccc3c(c2)C=NN=3)s1)C1CC(C(=O)O)N(C(=O)O)C1. The van der Waals surface area contributed by atoms with Gasteiger partial charge in [0.2, 0.25) is 5.88 Å². The number of anilines is 1. The van der Waals surface area contributed by atoms with E-state index >= 15 is 0 Å². The van der Waals surface area contributed by atoms with Crippen LogP contribution in [0.15, 0.2) is 46.6 Å². The minimum absolute atomic E-state index is 0.0161. The predicted octanol–water partition coefficient (Wildman–Crippen LogP) is 3.57. The van der Waals surface area contributed by atoms with E-state index < -0.39 is 41.8 Å². The highest BCUT2D eigenvalue weighted by Gasteiger charge is 2.42. The summed E-state index contributed by atoms with van der Waals surface area (Å²) in [6, 6.07) is 6.70. The maximum Gasteiger partial charge on any atom is 0.416 e. The molecule has 15 heteroatoms. The van der Waals surface area contributed by atoms with Crippen LogP contribution in [0.4, 0.5) is 23.1 Å². The van der Waals surface area contributed by atoms with Gasteiger partial charge in [-0.05, 0) is 40.6 Å². The van der Waals surface area contributed by atoms with E-state index in [0.717, 1.165) is 22.3 Å². The molecule has 3 heterocycles. The van der Waals surface area contributed by atoms with Crippen molar-refractivity contribution < 1.29 is 38.1 Å². The second kappa shape index (κ2) is 10.7. The first-order valence-electron chi connectivity index (χ1n) is 12.1. The summed E-state index contributed by atoms with van der Waals surface area (Å²) in [5.41, 5.74) is 0.00199. The normalized spacial score (nSPS) is 18.7. The van der Waals surface area contributed by atoms with Crippen LogP contribution in [0.2, 0.25) is 5.02 Å². The molecule has 2 aliphatic heterocycles. The van der Waals surface area contributed by atoms with E-state index in [-0.39, 0.29) is 40.0 Å². The first-order chi connectivity index (χ1) is 19.3. The monoisotopic (exact) mass is 607 g/mol. The van der Waals surface area contributed by atoms with Gasteiger partial charge >= 0.3 is 18.2 Å². The molecule has 2 aliphatic rings. The molecule has 41 heavy (non-hydrogen) atoms. The lowest BCUT2D eigenvalue weighted by atomic mass is 9.96. The van der Waals surface area contributed by atoms with Crippen LogP contribution in [0.1, 0.15) is 28.0 Å². The average Bonchev–Trinajstić information content (AvgIpc) is 3.65. The number of fused-ring (bicyclic) bond motifs is 1. The molecule has 1 amide bonds. The van der Waals surface area contributed by atoms with E-state index in [0.29, 0.717) is 21.7 Å². The molecule has 1 fully saturated rings. The van der Waals surface area contributed by atoms with Gasteiger partial charge in [-0.1, -0.05) is 35.1 Å². The molecule has 2 atom stereocenters. The Kier molecular flexibility index (Phi) is 7.38. The minimum Gasteiger partial charge on any atom is -0.492 e. The Morgan fingerprint density at radius 1 is 1.20 bits per heavy atom. The number of halogens is 4. The van der Waals surface area contributed by atoms with Crippen molar-refractivity contribution in [1.29, 1.82) is 0 Å². The van der Waals surface area contributed by atoms with Crippen molar-refractivity contribution in [2.75, 3.05) is 18.5 Å². The van der Waals surface area contributed by atoms with E-state index in [1.54, 1.807) is 30.1 Å². The fourth-order valence-electron chi connectivity index (χ4n) is 4.91. The molecule has 0 saturated carbocycles. The highest BCUT2D eigenvalue weighted by Crippen LogP contribution is 2.40. The Labute approximate surface area is 239 Å². The number of nitrogens with zero attached hydrogens (tertiary/aromatic N) is 5. The van der Waals surface area contributed by atoms with Gasteiger partial charge in [-0.25, -0.2) is 9.59 Å². The van der Waals surface area contributed by atoms with Crippen molar-refractivity contribution in [3.63, 3.8) is 0 Å². The molecule has 5 rings (SSSR count). The largest absolute Gasteiger partial charge is 0.492 e. The lowest BCUT2D eigenvalue weighted by Gasteiger charge is -2.23. The maximum absolute atomic E-state index is 14.0. The number of hydrogen-bond donors (Lipinski definition) is 3.